The second-order valence-corrected chi connectivity index (χ2v) is 8.99. The van der Waals surface area contributed by atoms with Gasteiger partial charge in [-0.05, 0) is 69.3 Å². The first-order valence-electron chi connectivity index (χ1n) is 10.5. The molecular weight excluding hydrogens is 372 g/mol. The summed E-state index contributed by atoms with van der Waals surface area (Å²) in [6.45, 7) is 5.45. The third kappa shape index (κ3) is 4.10. The fourth-order valence-corrected chi connectivity index (χ4v) is 5.31. The van der Waals surface area contributed by atoms with E-state index in [0.29, 0.717) is 12.2 Å². The Morgan fingerprint density at radius 2 is 2.04 bits per heavy atom. The topological polar surface area (TPSA) is 57.6 Å². The van der Waals surface area contributed by atoms with E-state index in [4.69, 9.17) is 0 Å². The number of aromatic nitrogens is 1. The van der Waals surface area contributed by atoms with Crippen molar-refractivity contribution in [1.82, 2.24) is 19.7 Å². The Morgan fingerprint density at radius 1 is 1.21 bits per heavy atom. The molecule has 0 radical (unpaired) electrons. The van der Waals surface area contributed by atoms with Crippen LogP contribution in [0.2, 0.25) is 0 Å². The van der Waals surface area contributed by atoms with Gasteiger partial charge in [0.2, 0.25) is 5.91 Å². The summed E-state index contributed by atoms with van der Waals surface area (Å²) in [6, 6.07) is 4.02. The Labute approximate surface area is 170 Å². The monoisotopic (exact) mass is 402 g/mol. The first kappa shape index (κ1) is 19.5. The number of hydrogen-bond donors (Lipinski definition) is 1. The lowest BCUT2D eigenvalue weighted by Crippen LogP contribution is -2.46. The number of fused-ring (bicyclic) bond motifs is 1. The van der Waals surface area contributed by atoms with Crippen LogP contribution in [0.3, 0.4) is 0 Å². The van der Waals surface area contributed by atoms with Gasteiger partial charge in [0.1, 0.15) is 5.69 Å². The number of carbonyl (C=O) groups excluding carboxylic acids is 2. The molecule has 4 rings (SSSR count). The fourth-order valence-electron chi connectivity index (χ4n) is 4.46. The molecule has 2 aliphatic rings. The summed E-state index contributed by atoms with van der Waals surface area (Å²) in [7, 11) is 1.94. The van der Waals surface area contributed by atoms with Crippen molar-refractivity contribution < 1.29 is 9.59 Å². The molecular formula is C21H30N4O2S. The third-order valence-electron chi connectivity index (χ3n) is 6.11. The molecule has 2 amide bonds. The van der Waals surface area contributed by atoms with E-state index in [0.717, 1.165) is 49.1 Å². The highest BCUT2D eigenvalue weighted by molar-refractivity contribution is 7.17. The van der Waals surface area contributed by atoms with Crippen LogP contribution in [-0.4, -0.2) is 65.4 Å². The smallest absolute Gasteiger partial charge is 0.270 e. The predicted octanol–water partition coefficient (Wildman–Crippen LogP) is 2.69. The number of nitrogens with one attached hydrogen (secondary N) is 1. The highest BCUT2D eigenvalue weighted by Gasteiger charge is 2.30. The van der Waals surface area contributed by atoms with E-state index in [9.17, 15) is 9.59 Å². The lowest BCUT2D eigenvalue weighted by molar-refractivity contribution is -0.126. The number of piperidine rings is 1. The van der Waals surface area contributed by atoms with Gasteiger partial charge in [-0.1, -0.05) is 0 Å². The van der Waals surface area contributed by atoms with Gasteiger partial charge in [0, 0.05) is 26.7 Å². The number of hydrogen-bond acceptors (Lipinski definition) is 4. The zero-order chi connectivity index (χ0) is 19.5. The van der Waals surface area contributed by atoms with Crippen molar-refractivity contribution in [3.63, 3.8) is 0 Å². The summed E-state index contributed by atoms with van der Waals surface area (Å²) in [4.78, 5) is 30.0. The molecule has 2 saturated heterocycles. The maximum absolute atomic E-state index is 13.0. The molecule has 4 heterocycles. The third-order valence-corrected chi connectivity index (χ3v) is 6.96. The summed E-state index contributed by atoms with van der Waals surface area (Å²) in [5.41, 5.74) is 1.81. The van der Waals surface area contributed by atoms with E-state index >= 15 is 0 Å². The largest absolute Gasteiger partial charge is 0.356 e. The number of carbonyl (C=O) groups is 2. The molecule has 0 bridgehead atoms. The Bertz CT molecular complexity index is 837. The van der Waals surface area contributed by atoms with Gasteiger partial charge in [-0.2, -0.15) is 0 Å². The Morgan fingerprint density at radius 3 is 2.82 bits per heavy atom. The lowest BCUT2D eigenvalue weighted by Gasteiger charge is -2.32. The number of likely N-dealkylation sites (tertiary alicyclic amines) is 2. The Balaban J connectivity index is 1.29. The minimum atomic E-state index is -0.0918. The van der Waals surface area contributed by atoms with Crippen molar-refractivity contribution in [2.45, 2.75) is 32.1 Å². The van der Waals surface area contributed by atoms with Crippen molar-refractivity contribution in [3.05, 3.63) is 23.2 Å². The number of amides is 2. The van der Waals surface area contributed by atoms with Gasteiger partial charge in [0.05, 0.1) is 16.1 Å². The van der Waals surface area contributed by atoms with Crippen LogP contribution in [0.4, 0.5) is 0 Å². The van der Waals surface area contributed by atoms with Crippen LogP contribution in [0.25, 0.3) is 10.2 Å². The van der Waals surface area contributed by atoms with E-state index in [1.807, 2.05) is 34.0 Å². The van der Waals surface area contributed by atoms with Gasteiger partial charge < -0.3 is 19.7 Å². The average molecular weight is 403 g/mol. The van der Waals surface area contributed by atoms with Crippen LogP contribution in [-0.2, 0) is 11.8 Å². The molecule has 0 aliphatic carbocycles. The van der Waals surface area contributed by atoms with Crippen LogP contribution in [0.15, 0.2) is 17.5 Å². The van der Waals surface area contributed by atoms with Gasteiger partial charge in [-0.25, -0.2) is 0 Å². The number of nitrogens with zero attached hydrogens (tertiary/aromatic N) is 3. The molecule has 2 aromatic rings. The van der Waals surface area contributed by atoms with Crippen molar-refractivity contribution in [2.24, 2.45) is 13.0 Å². The summed E-state index contributed by atoms with van der Waals surface area (Å²) in [5.74, 6) is 0.0510. The molecule has 152 valence electrons. The highest BCUT2D eigenvalue weighted by atomic mass is 32.1. The van der Waals surface area contributed by atoms with Gasteiger partial charge in [-0.3, -0.25) is 9.59 Å². The molecule has 6 nitrogen and oxygen atoms in total. The molecule has 2 aliphatic heterocycles. The van der Waals surface area contributed by atoms with Gasteiger partial charge in [0.15, 0.2) is 0 Å². The van der Waals surface area contributed by atoms with E-state index in [1.165, 1.54) is 25.9 Å². The van der Waals surface area contributed by atoms with Crippen molar-refractivity contribution in [1.29, 1.82) is 0 Å². The second kappa shape index (κ2) is 8.66. The zero-order valence-electron chi connectivity index (χ0n) is 16.7. The van der Waals surface area contributed by atoms with Crippen LogP contribution in [0, 0.1) is 5.92 Å². The first-order chi connectivity index (χ1) is 13.6. The second-order valence-electron chi connectivity index (χ2n) is 8.04. The molecule has 28 heavy (non-hydrogen) atoms. The number of aryl methyl sites for hydroxylation is 1. The predicted molar refractivity (Wildman–Crippen MR) is 113 cm³/mol. The standard InChI is InChI=1S/C21H30N4O2S/c1-23-17-7-13-28-19(17)14-18(23)21(27)25-12-4-6-16(15-25)20(26)22-8-5-11-24-9-2-3-10-24/h7,13-14,16H,2-6,8-12,15H2,1H3,(H,22,26). The molecule has 0 aromatic carbocycles. The maximum Gasteiger partial charge on any atom is 0.270 e. The Kier molecular flexibility index (Phi) is 6.01. The minimum Gasteiger partial charge on any atom is -0.356 e. The molecule has 1 N–H and O–H groups in total. The van der Waals surface area contributed by atoms with E-state index in [2.05, 4.69) is 10.2 Å². The Hall–Kier alpha value is -1.86. The van der Waals surface area contributed by atoms with Crippen LogP contribution >= 0.6 is 11.3 Å². The first-order valence-corrected chi connectivity index (χ1v) is 11.3. The molecule has 1 atom stereocenters. The van der Waals surface area contributed by atoms with Crippen LogP contribution in [0.1, 0.15) is 42.6 Å². The molecule has 2 aromatic heterocycles. The highest BCUT2D eigenvalue weighted by Crippen LogP contribution is 2.26. The van der Waals surface area contributed by atoms with Crippen LogP contribution < -0.4 is 5.32 Å². The normalized spacial score (nSPS) is 20.8. The number of thiophene rings is 1. The summed E-state index contributed by atoms with van der Waals surface area (Å²) >= 11 is 1.65. The SMILES string of the molecule is Cn1c(C(=O)N2CCCC(C(=O)NCCCN3CCCC3)C2)cc2sccc21. The van der Waals surface area contributed by atoms with E-state index in [1.54, 1.807) is 11.3 Å². The van der Waals surface area contributed by atoms with Crippen molar-refractivity contribution in [2.75, 3.05) is 39.3 Å². The molecule has 1 unspecified atom stereocenters. The molecule has 0 saturated carbocycles. The number of rotatable bonds is 6. The zero-order valence-corrected chi connectivity index (χ0v) is 17.5. The molecule has 0 spiro atoms. The van der Waals surface area contributed by atoms with Crippen molar-refractivity contribution >= 4 is 33.4 Å². The molecule has 2 fully saturated rings. The lowest BCUT2D eigenvalue weighted by atomic mass is 9.97. The summed E-state index contributed by atoms with van der Waals surface area (Å²) < 4.78 is 3.10. The molecule has 7 heteroatoms. The summed E-state index contributed by atoms with van der Waals surface area (Å²) in [6.07, 6.45) is 5.36. The van der Waals surface area contributed by atoms with Gasteiger partial charge in [0.25, 0.3) is 5.91 Å². The maximum atomic E-state index is 13.0. The van der Waals surface area contributed by atoms with Crippen LogP contribution in [0.5, 0.6) is 0 Å². The van der Waals surface area contributed by atoms with Gasteiger partial charge in [-0.15, -0.1) is 11.3 Å². The van der Waals surface area contributed by atoms with Gasteiger partial charge >= 0.3 is 0 Å². The van der Waals surface area contributed by atoms with E-state index in [-0.39, 0.29) is 17.7 Å². The minimum absolute atomic E-state index is 0.0393. The fraction of sp³-hybridized carbons (Fsp3) is 0.619. The quantitative estimate of drug-likeness (QED) is 0.756. The average Bonchev–Trinajstić information content (AvgIpc) is 3.44. The van der Waals surface area contributed by atoms with Crippen molar-refractivity contribution in [3.8, 4) is 0 Å². The summed E-state index contributed by atoms with van der Waals surface area (Å²) in [5, 5.41) is 5.14. The van der Waals surface area contributed by atoms with E-state index < -0.39 is 0 Å².